The first kappa shape index (κ1) is 16.0. The van der Waals surface area contributed by atoms with Crippen molar-refractivity contribution in [1.29, 1.82) is 0 Å². The van der Waals surface area contributed by atoms with E-state index in [1.165, 1.54) is 13.8 Å². The number of unbranched alkanes of at least 4 members (excludes halogenated alkanes) is 2. The minimum atomic E-state index is -0.676. The van der Waals surface area contributed by atoms with Gasteiger partial charge >= 0.3 is 5.97 Å². The van der Waals surface area contributed by atoms with Gasteiger partial charge in [0.15, 0.2) is 11.9 Å². The first-order chi connectivity index (χ1) is 9.56. The van der Waals surface area contributed by atoms with Crippen LogP contribution < -0.4 is 0 Å². The number of rotatable bonds is 5. The second-order valence-electron chi connectivity index (χ2n) is 4.56. The largest absolute Gasteiger partial charge is 0.444 e. The lowest BCUT2D eigenvalue weighted by Crippen LogP contribution is -2.10. The number of carbonyl (C=O) groups excluding carboxylic acids is 2. The number of hydrogen-bond donors (Lipinski definition) is 0. The van der Waals surface area contributed by atoms with Crippen molar-refractivity contribution in [3.05, 3.63) is 35.4 Å². The van der Waals surface area contributed by atoms with Crippen LogP contribution in [0.25, 0.3) is 0 Å². The third-order valence-corrected chi connectivity index (χ3v) is 2.79. The lowest BCUT2D eigenvalue weighted by molar-refractivity contribution is -0.144. The van der Waals surface area contributed by atoms with Crippen LogP contribution in [-0.4, -0.2) is 11.8 Å². The summed E-state index contributed by atoms with van der Waals surface area (Å²) >= 11 is 0. The van der Waals surface area contributed by atoms with Gasteiger partial charge in [-0.2, -0.15) is 0 Å². The third-order valence-electron chi connectivity index (χ3n) is 2.79. The standard InChI is InChI=1S/C17H20O3/c1-4-5-6-7-12-17(20-14(3)19)16-11-9-8-10-15(16)13(2)18/h8-11,17H,4-6H2,1-3H3. The van der Waals surface area contributed by atoms with Gasteiger partial charge in [0.25, 0.3) is 0 Å². The summed E-state index contributed by atoms with van der Waals surface area (Å²) in [5, 5.41) is 0. The summed E-state index contributed by atoms with van der Waals surface area (Å²) in [5.41, 5.74) is 1.20. The predicted octanol–water partition coefficient (Wildman–Crippen LogP) is 3.69. The van der Waals surface area contributed by atoms with Crippen molar-refractivity contribution in [1.82, 2.24) is 0 Å². The molecule has 3 nitrogen and oxygen atoms in total. The molecule has 0 aliphatic rings. The summed E-state index contributed by atoms with van der Waals surface area (Å²) in [6.45, 7) is 4.93. The molecular weight excluding hydrogens is 252 g/mol. The number of ether oxygens (including phenoxy) is 1. The van der Waals surface area contributed by atoms with E-state index in [0.29, 0.717) is 11.1 Å². The van der Waals surface area contributed by atoms with Crippen LogP contribution in [0.15, 0.2) is 24.3 Å². The second kappa shape index (κ2) is 8.16. The Bertz CT molecular complexity index is 535. The SMILES string of the molecule is CCCCC#CC(OC(C)=O)c1ccccc1C(C)=O. The summed E-state index contributed by atoms with van der Waals surface area (Å²) in [4.78, 5) is 22.9. The molecule has 1 rings (SSSR count). The zero-order valence-electron chi connectivity index (χ0n) is 12.2. The number of Topliss-reactive ketones (excluding diaryl/α,β-unsaturated/α-hetero) is 1. The summed E-state index contributed by atoms with van der Waals surface area (Å²) < 4.78 is 5.24. The van der Waals surface area contributed by atoms with E-state index in [4.69, 9.17) is 4.74 Å². The van der Waals surface area contributed by atoms with E-state index in [1.54, 1.807) is 18.2 Å². The van der Waals surface area contributed by atoms with Gasteiger partial charge < -0.3 is 4.74 Å². The van der Waals surface area contributed by atoms with E-state index in [1.807, 2.05) is 6.07 Å². The highest BCUT2D eigenvalue weighted by molar-refractivity contribution is 5.95. The first-order valence-electron chi connectivity index (χ1n) is 6.81. The monoisotopic (exact) mass is 272 g/mol. The average molecular weight is 272 g/mol. The van der Waals surface area contributed by atoms with Crippen LogP contribution in [0.2, 0.25) is 0 Å². The Morgan fingerprint density at radius 3 is 2.55 bits per heavy atom. The Morgan fingerprint density at radius 2 is 1.95 bits per heavy atom. The van der Waals surface area contributed by atoms with Gasteiger partial charge in [0, 0.05) is 24.5 Å². The fourth-order valence-corrected chi connectivity index (χ4v) is 1.81. The Balaban J connectivity index is 3.06. The summed E-state index contributed by atoms with van der Waals surface area (Å²) in [5.74, 6) is 5.50. The fourth-order valence-electron chi connectivity index (χ4n) is 1.81. The van der Waals surface area contributed by atoms with Crippen LogP contribution in [0.3, 0.4) is 0 Å². The Labute approximate surface area is 120 Å². The molecule has 106 valence electrons. The lowest BCUT2D eigenvalue weighted by atomic mass is 9.99. The van der Waals surface area contributed by atoms with Crippen LogP contribution in [-0.2, 0) is 9.53 Å². The molecule has 0 aromatic heterocycles. The summed E-state index contributed by atoms with van der Waals surface area (Å²) in [7, 11) is 0. The highest BCUT2D eigenvalue weighted by Gasteiger charge is 2.17. The van der Waals surface area contributed by atoms with E-state index < -0.39 is 12.1 Å². The molecule has 0 N–H and O–H groups in total. The molecule has 0 radical (unpaired) electrons. The van der Waals surface area contributed by atoms with Crippen LogP contribution in [0, 0.1) is 11.8 Å². The molecule has 1 unspecified atom stereocenters. The molecule has 20 heavy (non-hydrogen) atoms. The van der Waals surface area contributed by atoms with Gasteiger partial charge in [0.05, 0.1) is 0 Å². The molecule has 3 heteroatoms. The molecule has 1 aromatic carbocycles. The van der Waals surface area contributed by atoms with Crippen LogP contribution in [0.4, 0.5) is 0 Å². The molecule has 1 aromatic rings. The number of hydrogen-bond acceptors (Lipinski definition) is 3. The topological polar surface area (TPSA) is 43.4 Å². The molecule has 0 spiro atoms. The quantitative estimate of drug-likeness (QED) is 0.355. The summed E-state index contributed by atoms with van der Waals surface area (Å²) in [6.07, 6.45) is 2.16. The van der Waals surface area contributed by atoms with Gasteiger partial charge in [-0.25, -0.2) is 0 Å². The number of ketones is 1. The highest BCUT2D eigenvalue weighted by Crippen LogP contribution is 2.22. The molecule has 0 saturated heterocycles. The van der Waals surface area contributed by atoms with Crippen molar-refractivity contribution < 1.29 is 14.3 Å². The molecule has 0 fully saturated rings. The Hall–Kier alpha value is -2.08. The third kappa shape index (κ3) is 4.89. The predicted molar refractivity (Wildman–Crippen MR) is 78.3 cm³/mol. The fraction of sp³-hybridized carbons (Fsp3) is 0.412. The Kier molecular flexibility index (Phi) is 6.52. The smallest absolute Gasteiger partial charge is 0.304 e. The molecule has 0 aliphatic carbocycles. The molecule has 0 heterocycles. The number of benzene rings is 1. The number of carbonyl (C=O) groups is 2. The van der Waals surface area contributed by atoms with E-state index in [0.717, 1.165) is 19.3 Å². The van der Waals surface area contributed by atoms with E-state index >= 15 is 0 Å². The zero-order valence-corrected chi connectivity index (χ0v) is 12.2. The van der Waals surface area contributed by atoms with E-state index in [9.17, 15) is 9.59 Å². The minimum absolute atomic E-state index is 0.0619. The lowest BCUT2D eigenvalue weighted by Gasteiger charge is -2.14. The van der Waals surface area contributed by atoms with Crippen LogP contribution in [0.5, 0.6) is 0 Å². The average Bonchev–Trinajstić information content (AvgIpc) is 2.42. The van der Waals surface area contributed by atoms with Crippen molar-refractivity contribution in [2.45, 2.75) is 46.1 Å². The van der Waals surface area contributed by atoms with Crippen molar-refractivity contribution in [2.75, 3.05) is 0 Å². The summed E-state index contributed by atoms with van der Waals surface area (Å²) in [6, 6.07) is 7.10. The number of esters is 1. The first-order valence-corrected chi connectivity index (χ1v) is 6.81. The maximum Gasteiger partial charge on any atom is 0.304 e. The van der Waals surface area contributed by atoms with Gasteiger partial charge in [-0.05, 0) is 13.3 Å². The van der Waals surface area contributed by atoms with Gasteiger partial charge in [-0.15, -0.1) is 0 Å². The molecule has 1 atom stereocenters. The second-order valence-corrected chi connectivity index (χ2v) is 4.56. The molecule has 0 bridgehead atoms. The highest BCUT2D eigenvalue weighted by atomic mass is 16.5. The van der Waals surface area contributed by atoms with Crippen LogP contribution in [0.1, 0.15) is 62.1 Å². The van der Waals surface area contributed by atoms with E-state index in [2.05, 4.69) is 18.8 Å². The molecular formula is C17H20O3. The molecule has 0 saturated carbocycles. The van der Waals surface area contributed by atoms with Gasteiger partial charge in [0.2, 0.25) is 0 Å². The van der Waals surface area contributed by atoms with E-state index in [-0.39, 0.29) is 5.78 Å². The Morgan fingerprint density at radius 1 is 1.25 bits per heavy atom. The van der Waals surface area contributed by atoms with Gasteiger partial charge in [0.1, 0.15) is 0 Å². The zero-order chi connectivity index (χ0) is 15.0. The van der Waals surface area contributed by atoms with Crippen molar-refractivity contribution in [3.8, 4) is 11.8 Å². The van der Waals surface area contributed by atoms with Crippen molar-refractivity contribution in [2.24, 2.45) is 0 Å². The molecule has 0 aliphatic heterocycles. The van der Waals surface area contributed by atoms with Crippen LogP contribution >= 0.6 is 0 Å². The van der Waals surface area contributed by atoms with Crippen molar-refractivity contribution >= 4 is 11.8 Å². The molecule has 0 amide bonds. The van der Waals surface area contributed by atoms with Gasteiger partial charge in [-0.1, -0.05) is 49.5 Å². The normalized spacial score (nSPS) is 11.2. The van der Waals surface area contributed by atoms with Crippen molar-refractivity contribution in [3.63, 3.8) is 0 Å². The minimum Gasteiger partial charge on any atom is -0.444 e. The maximum absolute atomic E-state index is 11.6. The van der Waals surface area contributed by atoms with Gasteiger partial charge in [-0.3, -0.25) is 9.59 Å². The maximum atomic E-state index is 11.6.